The standard InChI is InChI=1S/C13H18O3.K/c1-2-3-4-5-7-10-8-6-9-11(14)12(10)13(15)16;/h6,8-9,14H,2-5,7H2,1H3,(H,15,16);/q;+1/p-1. The maximum Gasteiger partial charge on any atom is 1.00 e. The van der Waals surface area contributed by atoms with E-state index in [-0.39, 0.29) is 62.7 Å². The fourth-order valence-corrected chi connectivity index (χ4v) is 1.77. The van der Waals surface area contributed by atoms with E-state index in [0.717, 1.165) is 25.7 Å². The summed E-state index contributed by atoms with van der Waals surface area (Å²) >= 11 is 0. The molecule has 0 radical (unpaired) electrons. The maximum atomic E-state index is 11.4. The molecule has 0 aliphatic rings. The number of carboxylic acid groups (broad SMARTS) is 1. The molecule has 0 aliphatic heterocycles. The van der Waals surface area contributed by atoms with Crippen molar-refractivity contribution >= 4 is 5.97 Å². The van der Waals surface area contributed by atoms with Crippen LogP contribution in [0.3, 0.4) is 0 Å². The van der Waals surface area contributed by atoms with Gasteiger partial charge in [-0.05, 0) is 18.4 Å². The Kier molecular flexibility index (Phi) is 9.18. The number of hydrogen-bond acceptors (Lipinski definition) is 2. The molecular weight excluding hydrogens is 243 g/mol. The second-order valence-electron chi connectivity index (χ2n) is 3.91. The molecule has 0 amide bonds. The van der Waals surface area contributed by atoms with Crippen molar-refractivity contribution in [1.29, 1.82) is 0 Å². The van der Waals surface area contributed by atoms with Crippen molar-refractivity contribution in [3.63, 3.8) is 0 Å². The minimum atomic E-state index is -1.11. The zero-order valence-corrected chi connectivity index (χ0v) is 13.7. The van der Waals surface area contributed by atoms with Gasteiger partial charge in [0.2, 0.25) is 0 Å². The SMILES string of the molecule is CCCCCCc1cccc([O-])c1C(=O)O.[K+]. The predicted octanol–water partition coefficient (Wildman–Crippen LogP) is -0.415. The van der Waals surface area contributed by atoms with E-state index in [2.05, 4.69) is 6.92 Å². The van der Waals surface area contributed by atoms with E-state index in [9.17, 15) is 9.90 Å². The van der Waals surface area contributed by atoms with Crippen LogP contribution in [-0.4, -0.2) is 11.1 Å². The van der Waals surface area contributed by atoms with Crippen LogP contribution in [0, 0.1) is 0 Å². The molecule has 4 heteroatoms. The summed E-state index contributed by atoms with van der Waals surface area (Å²) in [6.45, 7) is 2.13. The Labute approximate surface area is 145 Å². The molecule has 0 heterocycles. The van der Waals surface area contributed by atoms with Crippen LogP contribution in [0.25, 0.3) is 0 Å². The van der Waals surface area contributed by atoms with Crippen LogP contribution in [0.15, 0.2) is 18.2 Å². The summed E-state index contributed by atoms with van der Waals surface area (Å²) in [4.78, 5) is 10.9. The van der Waals surface area contributed by atoms with Crippen LogP contribution in [0.1, 0.15) is 48.5 Å². The minimum Gasteiger partial charge on any atom is -0.872 e. The smallest absolute Gasteiger partial charge is 0.872 e. The number of carboxylic acids is 1. The minimum absolute atomic E-state index is 0. The van der Waals surface area contributed by atoms with E-state index >= 15 is 0 Å². The van der Waals surface area contributed by atoms with Gasteiger partial charge < -0.3 is 10.2 Å². The Morgan fingerprint density at radius 3 is 2.59 bits per heavy atom. The molecule has 0 aromatic heterocycles. The van der Waals surface area contributed by atoms with Crippen LogP contribution in [0.2, 0.25) is 0 Å². The fourth-order valence-electron chi connectivity index (χ4n) is 1.77. The van der Waals surface area contributed by atoms with Crippen LogP contribution in [0.5, 0.6) is 5.75 Å². The molecule has 0 bridgehead atoms. The van der Waals surface area contributed by atoms with Crippen molar-refractivity contribution in [2.45, 2.75) is 39.0 Å². The van der Waals surface area contributed by atoms with Gasteiger partial charge in [-0.15, -0.1) is 0 Å². The first kappa shape index (κ1) is 17.1. The van der Waals surface area contributed by atoms with Gasteiger partial charge >= 0.3 is 57.4 Å². The number of hydrogen-bond donors (Lipinski definition) is 1. The molecule has 0 unspecified atom stereocenters. The molecule has 0 atom stereocenters. The molecule has 1 N–H and O–H groups in total. The summed E-state index contributed by atoms with van der Waals surface area (Å²) < 4.78 is 0. The van der Waals surface area contributed by atoms with Crippen molar-refractivity contribution in [2.75, 3.05) is 0 Å². The van der Waals surface area contributed by atoms with Gasteiger partial charge in [0, 0.05) is 0 Å². The van der Waals surface area contributed by atoms with Gasteiger partial charge in [0.25, 0.3) is 0 Å². The zero-order chi connectivity index (χ0) is 12.0. The van der Waals surface area contributed by atoms with E-state index in [4.69, 9.17) is 5.11 Å². The van der Waals surface area contributed by atoms with Crippen molar-refractivity contribution in [3.05, 3.63) is 29.3 Å². The molecule has 0 fully saturated rings. The van der Waals surface area contributed by atoms with Crippen LogP contribution < -0.4 is 56.5 Å². The number of benzene rings is 1. The number of unbranched alkanes of at least 4 members (excludes halogenated alkanes) is 3. The quantitative estimate of drug-likeness (QED) is 0.558. The molecule has 1 aromatic carbocycles. The molecule has 17 heavy (non-hydrogen) atoms. The molecule has 1 rings (SSSR count). The summed E-state index contributed by atoms with van der Waals surface area (Å²) in [5.41, 5.74) is 0.607. The molecule has 0 aliphatic carbocycles. The Bertz CT molecular complexity index is 364. The van der Waals surface area contributed by atoms with Crippen LogP contribution >= 0.6 is 0 Å². The van der Waals surface area contributed by atoms with Gasteiger partial charge in [-0.3, -0.25) is 0 Å². The van der Waals surface area contributed by atoms with Gasteiger partial charge in [0.15, 0.2) is 0 Å². The summed E-state index contributed by atoms with van der Waals surface area (Å²) in [6.07, 6.45) is 5.00. The van der Waals surface area contributed by atoms with Gasteiger partial charge in [0.05, 0.1) is 5.56 Å². The zero-order valence-electron chi connectivity index (χ0n) is 10.5. The van der Waals surface area contributed by atoms with Crippen LogP contribution in [-0.2, 0) is 6.42 Å². The van der Waals surface area contributed by atoms with Gasteiger partial charge in [-0.1, -0.05) is 50.1 Å². The first-order chi connectivity index (χ1) is 7.66. The third kappa shape index (κ3) is 5.53. The van der Waals surface area contributed by atoms with Crippen LogP contribution in [0.4, 0.5) is 0 Å². The average Bonchev–Trinajstić information content (AvgIpc) is 2.24. The van der Waals surface area contributed by atoms with E-state index in [0.29, 0.717) is 12.0 Å². The first-order valence-electron chi connectivity index (χ1n) is 5.69. The van der Waals surface area contributed by atoms with Gasteiger partial charge in [-0.2, -0.15) is 0 Å². The van der Waals surface area contributed by atoms with E-state index in [1.165, 1.54) is 6.07 Å². The number of aryl methyl sites for hydroxylation is 1. The second-order valence-corrected chi connectivity index (χ2v) is 3.91. The Morgan fingerprint density at radius 2 is 2.00 bits per heavy atom. The summed E-state index contributed by atoms with van der Waals surface area (Å²) in [5.74, 6) is -1.50. The molecule has 1 aromatic rings. The molecule has 0 saturated heterocycles. The molecule has 3 nitrogen and oxygen atoms in total. The molecule has 0 spiro atoms. The van der Waals surface area contributed by atoms with Crippen molar-refractivity contribution in [2.24, 2.45) is 0 Å². The van der Waals surface area contributed by atoms with Crippen molar-refractivity contribution in [1.82, 2.24) is 0 Å². The molecular formula is C13H17KO3. The summed E-state index contributed by atoms with van der Waals surface area (Å²) in [5, 5.41) is 20.3. The number of rotatable bonds is 6. The largest absolute Gasteiger partial charge is 1.00 e. The second kappa shape index (κ2) is 9.11. The van der Waals surface area contributed by atoms with Gasteiger partial charge in [-0.25, -0.2) is 4.79 Å². The topological polar surface area (TPSA) is 60.4 Å². The molecule has 0 saturated carbocycles. The Hall–Kier alpha value is 0.126. The Balaban J connectivity index is 0.00000256. The summed E-state index contributed by atoms with van der Waals surface area (Å²) in [7, 11) is 0. The third-order valence-electron chi connectivity index (χ3n) is 2.63. The van der Waals surface area contributed by atoms with Crippen molar-refractivity contribution in [3.8, 4) is 5.75 Å². The average molecular weight is 260 g/mol. The monoisotopic (exact) mass is 260 g/mol. The van der Waals surface area contributed by atoms with Crippen molar-refractivity contribution < 1.29 is 66.4 Å². The van der Waals surface area contributed by atoms with Gasteiger partial charge in [0.1, 0.15) is 0 Å². The Morgan fingerprint density at radius 1 is 1.29 bits per heavy atom. The fraction of sp³-hybridized carbons (Fsp3) is 0.462. The first-order valence-corrected chi connectivity index (χ1v) is 5.69. The summed E-state index contributed by atoms with van der Waals surface area (Å²) in [6, 6.07) is 4.67. The van der Waals surface area contributed by atoms with E-state index in [1.807, 2.05) is 0 Å². The normalized spacial score (nSPS) is 9.71. The maximum absolute atomic E-state index is 11.4. The number of aromatic carboxylic acids is 1. The molecule has 88 valence electrons. The predicted molar refractivity (Wildman–Crippen MR) is 60.7 cm³/mol. The number of carbonyl (C=O) groups is 1. The van der Waals surface area contributed by atoms with E-state index < -0.39 is 5.97 Å². The third-order valence-corrected chi connectivity index (χ3v) is 2.63. The van der Waals surface area contributed by atoms with E-state index in [1.54, 1.807) is 12.1 Å².